The van der Waals surface area contributed by atoms with Gasteiger partial charge in [-0.1, -0.05) is 15.9 Å². The molecule has 0 saturated heterocycles. The number of halogens is 2. The van der Waals surface area contributed by atoms with Gasteiger partial charge in [-0.05, 0) is 31.0 Å². The minimum absolute atomic E-state index is 0.0308. The Morgan fingerprint density at radius 2 is 2.17 bits per heavy atom. The van der Waals surface area contributed by atoms with Crippen molar-refractivity contribution in [3.8, 4) is 18.1 Å². The Morgan fingerprint density at radius 1 is 1.50 bits per heavy atom. The maximum atomic E-state index is 11.5. The van der Waals surface area contributed by atoms with Crippen molar-refractivity contribution in [2.75, 3.05) is 6.61 Å². The summed E-state index contributed by atoms with van der Waals surface area (Å²) in [6.07, 6.45) is 6.37. The van der Waals surface area contributed by atoms with E-state index >= 15 is 0 Å². The number of ether oxygens (including phenoxy) is 1. The predicted octanol–water partition coefficient (Wildman–Crippen LogP) is 3.48. The highest BCUT2D eigenvalue weighted by molar-refractivity contribution is 9.10. The van der Waals surface area contributed by atoms with Crippen LogP contribution in [-0.2, 0) is 9.05 Å². The summed E-state index contributed by atoms with van der Waals surface area (Å²) in [6, 6.07) is 3.19. The molecule has 0 heterocycles. The van der Waals surface area contributed by atoms with Crippen LogP contribution in [0.4, 0.5) is 0 Å². The van der Waals surface area contributed by atoms with Gasteiger partial charge in [-0.2, -0.15) is 0 Å². The van der Waals surface area contributed by atoms with Gasteiger partial charge >= 0.3 is 0 Å². The van der Waals surface area contributed by atoms with Gasteiger partial charge in [0.1, 0.15) is 10.6 Å². The van der Waals surface area contributed by atoms with Gasteiger partial charge in [-0.25, -0.2) is 8.42 Å². The monoisotopic (exact) mass is 350 g/mol. The van der Waals surface area contributed by atoms with Gasteiger partial charge in [-0.3, -0.25) is 0 Å². The molecule has 0 N–H and O–H groups in total. The lowest BCUT2D eigenvalue weighted by atomic mass is 10.2. The number of benzene rings is 1. The van der Waals surface area contributed by atoms with Crippen molar-refractivity contribution < 1.29 is 13.2 Å². The largest absolute Gasteiger partial charge is 0.492 e. The number of hydrogen-bond donors (Lipinski definition) is 0. The molecule has 0 saturated carbocycles. The van der Waals surface area contributed by atoms with E-state index in [1.165, 1.54) is 6.07 Å². The maximum absolute atomic E-state index is 11.5. The molecule has 18 heavy (non-hydrogen) atoms. The van der Waals surface area contributed by atoms with Crippen LogP contribution in [0.2, 0.25) is 0 Å². The zero-order chi connectivity index (χ0) is 13.8. The van der Waals surface area contributed by atoms with E-state index < -0.39 is 9.05 Å². The van der Waals surface area contributed by atoms with Crippen LogP contribution in [0.25, 0.3) is 0 Å². The Morgan fingerprint density at radius 3 is 2.72 bits per heavy atom. The van der Waals surface area contributed by atoms with E-state index in [4.69, 9.17) is 21.8 Å². The van der Waals surface area contributed by atoms with Gasteiger partial charge < -0.3 is 4.74 Å². The molecule has 0 aliphatic heterocycles. The Hall–Kier alpha value is -0.700. The molecule has 1 aromatic carbocycles. The predicted molar refractivity (Wildman–Crippen MR) is 75.5 cm³/mol. The van der Waals surface area contributed by atoms with Crippen LogP contribution < -0.4 is 4.74 Å². The second-order valence-corrected chi connectivity index (χ2v) is 7.09. The smallest absolute Gasteiger partial charge is 0.265 e. The fourth-order valence-electron chi connectivity index (χ4n) is 1.41. The van der Waals surface area contributed by atoms with Gasteiger partial charge in [-0.15, -0.1) is 12.3 Å². The average Bonchev–Trinajstić information content (AvgIpc) is 2.24. The lowest BCUT2D eigenvalue weighted by Crippen LogP contribution is -2.04. The second kappa shape index (κ2) is 6.46. The molecular weight excluding hydrogens is 340 g/mol. The van der Waals surface area contributed by atoms with Crippen LogP contribution in [0.5, 0.6) is 5.75 Å². The van der Waals surface area contributed by atoms with Crippen LogP contribution in [-0.4, -0.2) is 15.0 Å². The summed E-state index contributed by atoms with van der Waals surface area (Å²) in [7, 11) is 1.54. The first-order valence-corrected chi connectivity index (χ1v) is 8.27. The summed E-state index contributed by atoms with van der Waals surface area (Å²) < 4.78 is 29.1. The fourth-order valence-corrected chi connectivity index (χ4v) is 3.19. The van der Waals surface area contributed by atoms with Gasteiger partial charge in [0.2, 0.25) is 0 Å². The third kappa shape index (κ3) is 4.20. The molecule has 1 aromatic rings. The Balaban J connectivity index is 3.06. The highest BCUT2D eigenvalue weighted by atomic mass is 79.9. The molecule has 1 rings (SSSR count). The number of hydrogen-bond acceptors (Lipinski definition) is 3. The highest BCUT2D eigenvalue weighted by Crippen LogP contribution is 2.33. The number of aryl methyl sites for hydroxylation is 1. The molecular formula is C12H12BrClO3S. The first kappa shape index (κ1) is 15.4. The Labute approximate surface area is 120 Å². The first-order valence-electron chi connectivity index (χ1n) is 5.17. The highest BCUT2D eigenvalue weighted by Gasteiger charge is 2.19. The summed E-state index contributed by atoms with van der Waals surface area (Å²) in [5.74, 6) is 2.77. The first-order chi connectivity index (χ1) is 8.36. The SMILES string of the molecule is C#CCCCOc1c(C)cc(Br)cc1S(=O)(=O)Cl. The molecule has 0 aliphatic rings. The van der Waals surface area contributed by atoms with E-state index in [0.29, 0.717) is 29.5 Å². The lowest BCUT2D eigenvalue weighted by Gasteiger charge is -2.12. The van der Waals surface area contributed by atoms with Crippen molar-refractivity contribution in [3.05, 3.63) is 22.2 Å². The number of unbranched alkanes of at least 4 members (excludes halogenated alkanes) is 1. The van der Waals surface area contributed by atoms with E-state index in [2.05, 4.69) is 21.9 Å². The molecule has 0 amide bonds. The quantitative estimate of drug-likeness (QED) is 0.463. The maximum Gasteiger partial charge on any atom is 0.265 e. The van der Waals surface area contributed by atoms with Gasteiger partial charge in [0, 0.05) is 21.6 Å². The van der Waals surface area contributed by atoms with Crippen LogP contribution >= 0.6 is 26.6 Å². The molecule has 0 radical (unpaired) electrons. The molecule has 0 aromatic heterocycles. The summed E-state index contributed by atoms with van der Waals surface area (Å²) in [5, 5.41) is 0. The molecule has 3 nitrogen and oxygen atoms in total. The fraction of sp³-hybridized carbons (Fsp3) is 0.333. The minimum Gasteiger partial charge on any atom is -0.492 e. The van der Waals surface area contributed by atoms with Crippen LogP contribution in [0.3, 0.4) is 0 Å². The van der Waals surface area contributed by atoms with Gasteiger partial charge in [0.05, 0.1) is 6.61 Å². The molecule has 0 fully saturated rings. The molecule has 0 bridgehead atoms. The Bertz CT molecular complexity index is 576. The van der Waals surface area contributed by atoms with Crippen molar-refractivity contribution in [2.45, 2.75) is 24.7 Å². The molecule has 0 aliphatic carbocycles. The standard InChI is InChI=1S/C12H12BrClO3S/c1-3-4-5-6-17-12-9(2)7-10(13)8-11(12)18(14,15)16/h1,7-8H,4-6H2,2H3. The van der Waals surface area contributed by atoms with Crippen molar-refractivity contribution in [1.29, 1.82) is 0 Å². The zero-order valence-electron chi connectivity index (χ0n) is 9.74. The van der Waals surface area contributed by atoms with Crippen molar-refractivity contribution >= 4 is 35.7 Å². The second-order valence-electron chi connectivity index (χ2n) is 3.64. The van der Waals surface area contributed by atoms with E-state index in [9.17, 15) is 8.42 Å². The van der Waals surface area contributed by atoms with E-state index in [0.717, 1.165) is 0 Å². The molecule has 98 valence electrons. The minimum atomic E-state index is -3.84. The van der Waals surface area contributed by atoms with Crippen molar-refractivity contribution in [2.24, 2.45) is 0 Å². The average molecular weight is 352 g/mol. The lowest BCUT2D eigenvalue weighted by molar-refractivity contribution is 0.303. The molecule has 6 heteroatoms. The van der Waals surface area contributed by atoms with Crippen LogP contribution in [0, 0.1) is 19.3 Å². The van der Waals surface area contributed by atoms with Gasteiger partial charge in [0.25, 0.3) is 9.05 Å². The summed E-state index contributed by atoms with van der Waals surface area (Å²) in [4.78, 5) is -0.0308. The topological polar surface area (TPSA) is 43.4 Å². The van der Waals surface area contributed by atoms with E-state index in [1.54, 1.807) is 13.0 Å². The molecule has 0 unspecified atom stereocenters. The zero-order valence-corrected chi connectivity index (χ0v) is 12.9. The van der Waals surface area contributed by atoms with Crippen LogP contribution in [0.15, 0.2) is 21.5 Å². The Kier molecular flexibility index (Phi) is 5.51. The third-order valence-corrected chi connectivity index (χ3v) is 3.97. The van der Waals surface area contributed by atoms with E-state index in [-0.39, 0.29) is 10.6 Å². The normalized spacial score (nSPS) is 11.0. The number of rotatable bonds is 5. The summed E-state index contributed by atoms with van der Waals surface area (Å²) in [5.41, 5.74) is 0.698. The molecule has 0 atom stereocenters. The van der Waals surface area contributed by atoms with Gasteiger partial charge in [0.15, 0.2) is 0 Å². The third-order valence-electron chi connectivity index (χ3n) is 2.18. The summed E-state index contributed by atoms with van der Waals surface area (Å²) >= 11 is 3.23. The van der Waals surface area contributed by atoms with Crippen molar-refractivity contribution in [1.82, 2.24) is 0 Å². The van der Waals surface area contributed by atoms with Crippen LogP contribution in [0.1, 0.15) is 18.4 Å². The van der Waals surface area contributed by atoms with Crippen molar-refractivity contribution in [3.63, 3.8) is 0 Å². The summed E-state index contributed by atoms with van der Waals surface area (Å²) in [6.45, 7) is 2.11. The van der Waals surface area contributed by atoms with E-state index in [1.807, 2.05) is 0 Å². The molecule has 0 spiro atoms. The number of terminal acetylenes is 1.